The highest BCUT2D eigenvalue weighted by Gasteiger charge is 2.39. The molecule has 162 valence electrons. The highest BCUT2D eigenvalue weighted by Crippen LogP contribution is 2.34. The smallest absolute Gasteiger partial charge is 0.394 e. The van der Waals surface area contributed by atoms with E-state index in [1.807, 2.05) is 0 Å². The molecule has 4 rings (SSSR count). The second-order valence-electron chi connectivity index (χ2n) is 7.26. The molecule has 10 heteroatoms. The van der Waals surface area contributed by atoms with E-state index in [0.29, 0.717) is 23.1 Å². The van der Waals surface area contributed by atoms with Crippen LogP contribution in [0.5, 0.6) is 5.75 Å². The van der Waals surface area contributed by atoms with Crippen LogP contribution >= 0.6 is 11.6 Å². The lowest BCUT2D eigenvalue weighted by Gasteiger charge is -2.21. The number of hydrogen-bond donors (Lipinski definition) is 1. The van der Waals surface area contributed by atoms with Gasteiger partial charge >= 0.3 is 6.11 Å². The van der Waals surface area contributed by atoms with E-state index in [2.05, 4.69) is 14.9 Å². The molecule has 2 aromatic carbocycles. The summed E-state index contributed by atoms with van der Waals surface area (Å²) in [7, 11) is 0. The molecule has 1 amide bonds. The number of aromatic nitrogens is 2. The van der Waals surface area contributed by atoms with Crippen LogP contribution in [0.2, 0.25) is 5.02 Å². The van der Waals surface area contributed by atoms with Crippen LogP contribution in [0.1, 0.15) is 35.6 Å². The summed E-state index contributed by atoms with van der Waals surface area (Å²) in [6.45, 7) is 0.778. The molecule has 1 aliphatic heterocycles. The van der Waals surface area contributed by atoms with Crippen LogP contribution in [0, 0.1) is 0 Å². The first-order chi connectivity index (χ1) is 14.7. The van der Waals surface area contributed by atoms with Crippen molar-refractivity contribution in [2.45, 2.75) is 31.6 Å². The Hall–Kier alpha value is -3.04. The summed E-state index contributed by atoms with van der Waals surface area (Å²) in [4.78, 5) is 18.7. The predicted octanol–water partition coefficient (Wildman–Crippen LogP) is 4.33. The lowest BCUT2D eigenvalue weighted by atomic mass is 10.1. The number of amides is 1. The minimum atomic E-state index is -3.29. The Balaban J connectivity index is 1.54. The molecule has 0 radical (unpaired) electrons. The second-order valence-corrected chi connectivity index (χ2v) is 7.70. The Kier molecular flexibility index (Phi) is 5.63. The number of hydrogen-bond acceptors (Lipinski definition) is 6. The Morgan fingerprint density at radius 1 is 1.23 bits per heavy atom. The Labute approximate surface area is 181 Å². The standard InChI is InChI=1S/C21H18ClF2N3O4/c1-21(23,24)30-16-8-4-12(5-9-16)18-25-19(31-26-18)17-10-15(28)11-27(17)20(29)13-2-6-14(22)7-3-13/h2-9,15,17,28H,10-11H2,1H3/t15-,17-/m1/s1. The van der Waals surface area contributed by atoms with Gasteiger partial charge in [-0.2, -0.15) is 13.8 Å². The maximum absolute atomic E-state index is 13.0. The minimum absolute atomic E-state index is 0.00128. The number of carbonyl (C=O) groups is 1. The second kappa shape index (κ2) is 8.24. The highest BCUT2D eigenvalue weighted by molar-refractivity contribution is 6.30. The molecule has 0 saturated carbocycles. The van der Waals surface area contributed by atoms with Gasteiger partial charge in [-0.1, -0.05) is 16.8 Å². The van der Waals surface area contributed by atoms with Gasteiger partial charge in [0.2, 0.25) is 11.7 Å². The van der Waals surface area contributed by atoms with Crippen LogP contribution in [0.25, 0.3) is 11.4 Å². The number of rotatable bonds is 5. The highest BCUT2D eigenvalue weighted by atomic mass is 35.5. The van der Waals surface area contributed by atoms with Gasteiger partial charge in [-0.3, -0.25) is 4.79 Å². The summed E-state index contributed by atoms with van der Waals surface area (Å²) in [6.07, 6.45) is -3.77. The molecular weight excluding hydrogens is 432 g/mol. The van der Waals surface area contributed by atoms with Crippen molar-refractivity contribution in [3.63, 3.8) is 0 Å². The van der Waals surface area contributed by atoms with Crippen LogP contribution < -0.4 is 4.74 Å². The van der Waals surface area contributed by atoms with E-state index in [1.165, 1.54) is 29.2 Å². The average molecular weight is 450 g/mol. The number of aliphatic hydroxyl groups is 1. The number of benzene rings is 2. The van der Waals surface area contributed by atoms with Crippen molar-refractivity contribution in [3.05, 3.63) is 65.0 Å². The third-order valence-electron chi connectivity index (χ3n) is 4.77. The number of alkyl halides is 2. The number of likely N-dealkylation sites (tertiary alicyclic amines) is 1. The first-order valence-electron chi connectivity index (χ1n) is 9.45. The van der Waals surface area contributed by atoms with Crippen molar-refractivity contribution < 1.29 is 27.9 Å². The quantitative estimate of drug-likeness (QED) is 0.623. The number of aliphatic hydroxyl groups excluding tert-OH is 1. The van der Waals surface area contributed by atoms with E-state index in [0.717, 1.165) is 0 Å². The maximum atomic E-state index is 13.0. The van der Waals surface area contributed by atoms with E-state index in [1.54, 1.807) is 24.3 Å². The summed E-state index contributed by atoms with van der Waals surface area (Å²) >= 11 is 5.88. The van der Waals surface area contributed by atoms with Crippen LogP contribution in [0.3, 0.4) is 0 Å². The zero-order valence-corrected chi connectivity index (χ0v) is 17.1. The monoisotopic (exact) mass is 449 g/mol. The number of ether oxygens (including phenoxy) is 1. The molecule has 0 bridgehead atoms. The van der Waals surface area contributed by atoms with Crippen LogP contribution in [0.15, 0.2) is 53.1 Å². The van der Waals surface area contributed by atoms with Gasteiger partial charge in [0.1, 0.15) is 11.8 Å². The molecule has 31 heavy (non-hydrogen) atoms. The van der Waals surface area contributed by atoms with Crippen molar-refractivity contribution in [1.82, 2.24) is 15.0 Å². The number of β-amino-alcohol motifs (C(OH)–C–C–N with tert-alkyl or cyclic N) is 1. The fraction of sp³-hybridized carbons (Fsp3) is 0.286. The lowest BCUT2D eigenvalue weighted by molar-refractivity contribution is -0.158. The zero-order chi connectivity index (χ0) is 22.2. The molecule has 2 atom stereocenters. The topological polar surface area (TPSA) is 88.7 Å². The van der Waals surface area contributed by atoms with Crippen molar-refractivity contribution >= 4 is 17.5 Å². The largest absolute Gasteiger partial charge is 0.433 e. The van der Waals surface area contributed by atoms with Crippen molar-refractivity contribution in [3.8, 4) is 17.1 Å². The molecule has 2 heterocycles. The maximum Gasteiger partial charge on any atom is 0.394 e. The van der Waals surface area contributed by atoms with Crippen molar-refractivity contribution in [2.24, 2.45) is 0 Å². The SMILES string of the molecule is CC(F)(F)Oc1ccc(-c2noc([C@H]3C[C@@H](O)CN3C(=O)c3ccc(Cl)cc3)n2)cc1. The summed E-state index contributed by atoms with van der Waals surface area (Å²) in [5, 5.41) is 14.6. The van der Waals surface area contributed by atoms with Crippen LogP contribution in [-0.4, -0.2) is 44.8 Å². The molecular formula is C21H18ClF2N3O4. The summed E-state index contributed by atoms with van der Waals surface area (Å²) in [6, 6.07) is 11.6. The van der Waals surface area contributed by atoms with E-state index in [4.69, 9.17) is 16.1 Å². The van der Waals surface area contributed by atoms with Crippen LogP contribution in [-0.2, 0) is 0 Å². The van der Waals surface area contributed by atoms with Gasteiger partial charge < -0.3 is 19.3 Å². The molecule has 1 fully saturated rings. The average Bonchev–Trinajstić information content (AvgIpc) is 3.34. The molecule has 3 aromatic rings. The fourth-order valence-corrected chi connectivity index (χ4v) is 3.52. The van der Waals surface area contributed by atoms with E-state index >= 15 is 0 Å². The Morgan fingerprint density at radius 2 is 1.90 bits per heavy atom. The van der Waals surface area contributed by atoms with Gasteiger partial charge in [0.25, 0.3) is 5.91 Å². The third-order valence-corrected chi connectivity index (χ3v) is 5.02. The van der Waals surface area contributed by atoms with Gasteiger partial charge in [-0.05, 0) is 48.5 Å². The number of halogens is 3. The van der Waals surface area contributed by atoms with E-state index in [9.17, 15) is 18.7 Å². The first-order valence-corrected chi connectivity index (χ1v) is 9.83. The zero-order valence-electron chi connectivity index (χ0n) is 16.3. The van der Waals surface area contributed by atoms with Gasteiger partial charge in [0, 0.05) is 36.0 Å². The molecule has 0 aliphatic carbocycles. The fourth-order valence-electron chi connectivity index (χ4n) is 3.40. The van der Waals surface area contributed by atoms with Crippen LogP contribution in [0.4, 0.5) is 8.78 Å². The summed E-state index contributed by atoms with van der Waals surface area (Å²) < 4.78 is 35.8. The molecule has 0 spiro atoms. The molecule has 1 N–H and O–H groups in total. The van der Waals surface area contributed by atoms with Gasteiger partial charge in [0.05, 0.1) is 6.10 Å². The first kappa shape index (κ1) is 21.2. The summed E-state index contributed by atoms with van der Waals surface area (Å²) in [5.74, 6) is 0.109. The van der Waals surface area contributed by atoms with E-state index in [-0.39, 0.29) is 36.3 Å². The van der Waals surface area contributed by atoms with Crippen molar-refractivity contribution in [2.75, 3.05) is 6.54 Å². The van der Waals surface area contributed by atoms with Gasteiger partial charge in [-0.15, -0.1) is 0 Å². The Bertz CT molecular complexity index is 1070. The molecule has 1 saturated heterocycles. The third kappa shape index (κ3) is 4.83. The van der Waals surface area contributed by atoms with E-state index < -0.39 is 18.3 Å². The normalized spacial score (nSPS) is 18.9. The predicted molar refractivity (Wildman–Crippen MR) is 107 cm³/mol. The van der Waals surface area contributed by atoms with Crippen molar-refractivity contribution in [1.29, 1.82) is 0 Å². The van der Waals surface area contributed by atoms with Gasteiger partial charge in [-0.25, -0.2) is 0 Å². The summed E-state index contributed by atoms with van der Waals surface area (Å²) in [5.41, 5.74) is 0.947. The lowest BCUT2D eigenvalue weighted by Crippen LogP contribution is -2.31. The number of carbonyl (C=O) groups excluding carboxylic acids is 1. The minimum Gasteiger partial charge on any atom is -0.433 e. The Morgan fingerprint density at radius 3 is 2.55 bits per heavy atom. The molecule has 0 unspecified atom stereocenters. The molecule has 7 nitrogen and oxygen atoms in total. The number of nitrogens with zero attached hydrogens (tertiary/aromatic N) is 3. The molecule has 1 aromatic heterocycles. The molecule has 1 aliphatic rings. The van der Waals surface area contributed by atoms with Gasteiger partial charge in [0.15, 0.2) is 0 Å².